The first kappa shape index (κ1) is 23.6. The summed E-state index contributed by atoms with van der Waals surface area (Å²) < 4.78 is 5.25. The Balaban J connectivity index is 0. The van der Waals surface area contributed by atoms with Gasteiger partial charge in [-0.15, -0.1) is 0 Å². The van der Waals surface area contributed by atoms with Gasteiger partial charge in [0.2, 0.25) is 0 Å². The van der Waals surface area contributed by atoms with Crippen LogP contribution in [0.15, 0.2) is 0 Å². The number of unbranched alkanes of at least 4 members (excludes halogenated alkanes) is 11. The van der Waals surface area contributed by atoms with Crippen molar-refractivity contribution in [1.82, 2.24) is 0 Å². The Morgan fingerprint density at radius 2 is 1.10 bits per heavy atom. The first-order valence-corrected chi connectivity index (χ1v) is 8.96. The molecule has 0 radical (unpaired) electrons. The molecule has 0 amide bonds. The van der Waals surface area contributed by atoms with Crippen LogP contribution < -0.4 is 0 Å². The zero-order valence-electron chi connectivity index (χ0n) is 14.4. The van der Waals surface area contributed by atoms with Crippen molar-refractivity contribution < 1.29 is 35.7 Å². The summed E-state index contributed by atoms with van der Waals surface area (Å²) in [6.07, 6.45) is 16.8. The van der Waals surface area contributed by atoms with Crippen LogP contribution in [0.25, 0.3) is 0 Å². The summed E-state index contributed by atoms with van der Waals surface area (Å²) in [6, 6.07) is 0. The van der Waals surface area contributed by atoms with E-state index in [4.69, 9.17) is 4.74 Å². The smallest absolute Gasteiger partial charge is 0.305 e. The van der Waals surface area contributed by atoms with E-state index in [1.807, 2.05) is 0 Å². The Kier molecular flexibility index (Phi) is 22.9. The molecular weight excluding hydrogens is 339 g/mol. The summed E-state index contributed by atoms with van der Waals surface area (Å²) >= 11 is 0. The van der Waals surface area contributed by atoms with E-state index < -0.39 is 0 Å². The zero-order valence-corrected chi connectivity index (χ0v) is 16.9. The predicted molar refractivity (Wildman–Crippen MR) is 86.9 cm³/mol. The van der Waals surface area contributed by atoms with Gasteiger partial charge in [0.05, 0.1) is 6.61 Å². The largest absolute Gasteiger partial charge is 0.466 e. The molecule has 3 heteroatoms. The summed E-state index contributed by atoms with van der Waals surface area (Å²) in [7, 11) is 0. The molecule has 124 valence electrons. The third kappa shape index (κ3) is 20.4. The summed E-state index contributed by atoms with van der Waals surface area (Å²) in [6.45, 7) is 5.09. The second-order valence-electron chi connectivity index (χ2n) is 5.86. The van der Waals surface area contributed by atoms with Crippen LogP contribution in [0.4, 0.5) is 0 Å². The molecular formula is C18H36O2Zr. The first-order valence-electron chi connectivity index (χ1n) is 8.96. The standard InChI is InChI=1S/C18H36O2.Zr/c1-3-5-7-9-11-12-14-16-18(19)20-17-15-13-10-8-6-4-2;/h3-17H2,1-2H3;. The van der Waals surface area contributed by atoms with Crippen molar-refractivity contribution in [3.05, 3.63) is 0 Å². The summed E-state index contributed by atoms with van der Waals surface area (Å²) in [5.41, 5.74) is 0. The summed E-state index contributed by atoms with van der Waals surface area (Å²) in [5, 5.41) is 0. The van der Waals surface area contributed by atoms with E-state index in [1.165, 1.54) is 70.6 Å². The Hall–Kier alpha value is 0.353. The van der Waals surface area contributed by atoms with Gasteiger partial charge in [0.25, 0.3) is 0 Å². The van der Waals surface area contributed by atoms with E-state index in [1.54, 1.807) is 0 Å². The number of rotatable bonds is 15. The maximum atomic E-state index is 11.5. The van der Waals surface area contributed by atoms with E-state index in [2.05, 4.69) is 13.8 Å². The molecule has 0 aromatic rings. The predicted octanol–water partition coefficient (Wildman–Crippen LogP) is 6.03. The van der Waals surface area contributed by atoms with Gasteiger partial charge in [0, 0.05) is 32.6 Å². The Bertz CT molecular complexity index is 187. The molecule has 0 spiro atoms. The average molecular weight is 376 g/mol. The normalized spacial score (nSPS) is 10.2. The van der Waals surface area contributed by atoms with E-state index in [0.29, 0.717) is 13.0 Å². The van der Waals surface area contributed by atoms with Crippen molar-refractivity contribution in [2.24, 2.45) is 0 Å². The summed E-state index contributed by atoms with van der Waals surface area (Å²) in [4.78, 5) is 11.5. The quantitative estimate of drug-likeness (QED) is 0.258. The molecule has 0 saturated carbocycles. The van der Waals surface area contributed by atoms with Crippen LogP contribution >= 0.6 is 0 Å². The average Bonchev–Trinajstić information content (AvgIpc) is 2.45. The molecule has 2 nitrogen and oxygen atoms in total. The minimum Gasteiger partial charge on any atom is -0.466 e. The van der Waals surface area contributed by atoms with E-state index in [-0.39, 0.29) is 32.2 Å². The van der Waals surface area contributed by atoms with Gasteiger partial charge in [-0.2, -0.15) is 0 Å². The van der Waals surface area contributed by atoms with Crippen LogP contribution in [0, 0.1) is 0 Å². The fourth-order valence-corrected chi connectivity index (χ4v) is 2.37. The molecule has 21 heavy (non-hydrogen) atoms. The second-order valence-corrected chi connectivity index (χ2v) is 5.86. The van der Waals surface area contributed by atoms with Crippen molar-refractivity contribution >= 4 is 5.97 Å². The van der Waals surface area contributed by atoms with Gasteiger partial charge in [-0.25, -0.2) is 0 Å². The molecule has 0 bridgehead atoms. The minimum atomic E-state index is 0. The van der Waals surface area contributed by atoms with Crippen molar-refractivity contribution in [3.8, 4) is 0 Å². The number of esters is 1. The number of hydrogen-bond donors (Lipinski definition) is 0. The van der Waals surface area contributed by atoms with Crippen LogP contribution in [0.2, 0.25) is 0 Å². The topological polar surface area (TPSA) is 26.3 Å². The SMILES string of the molecule is CCCCCCCCCC(=O)OCCCCCCCC.[Zr]. The molecule has 0 saturated heterocycles. The Morgan fingerprint density at radius 1 is 0.667 bits per heavy atom. The first-order chi connectivity index (χ1) is 9.81. The van der Waals surface area contributed by atoms with Crippen LogP contribution in [0.3, 0.4) is 0 Å². The van der Waals surface area contributed by atoms with Gasteiger partial charge in [-0.05, 0) is 12.8 Å². The fourth-order valence-electron chi connectivity index (χ4n) is 2.37. The maximum Gasteiger partial charge on any atom is 0.305 e. The molecule has 0 aliphatic carbocycles. The molecule has 0 aromatic carbocycles. The molecule has 0 N–H and O–H groups in total. The Labute approximate surface area is 151 Å². The van der Waals surface area contributed by atoms with Gasteiger partial charge in [-0.3, -0.25) is 4.79 Å². The van der Waals surface area contributed by atoms with Gasteiger partial charge >= 0.3 is 5.97 Å². The van der Waals surface area contributed by atoms with Gasteiger partial charge in [0.1, 0.15) is 0 Å². The molecule has 0 aliphatic heterocycles. The third-order valence-corrected chi connectivity index (χ3v) is 3.75. The Morgan fingerprint density at radius 3 is 1.62 bits per heavy atom. The molecule has 0 fully saturated rings. The number of hydrogen-bond acceptors (Lipinski definition) is 2. The van der Waals surface area contributed by atoms with Gasteiger partial charge < -0.3 is 4.74 Å². The maximum absolute atomic E-state index is 11.5. The van der Waals surface area contributed by atoms with Gasteiger partial charge in [0.15, 0.2) is 0 Å². The van der Waals surface area contributed by atoms with Crippen molar-refractivity contribution in [1.29, 1.82) is 0 Å². The number of ether oxygens (including phenoxy) is 1. The van der Waals surface area contributed by atoms with Crippen LogP contribution in [0.1, 0.15) is 104 Å². The van der Waals surface area contributed by atoms with Crippen LogP contribution in [0.5, 0.6) is 0 Å². The van der Waals surface area contributed by atoms with Crippen molar-refractivity contribution in [3.63, 3.8) is 0 Å². The monoisotopic (exact) mass is 374 g/mol. The van der Waals surface area contributed by atoms with E-state index >= 15 is 0 Å². The number of carbonyl (C=O) groups excluding carboxylic acids is 1. The summed E-state index contributed by atoms with van der Waals surface area (Å²) in [5.74, 6) is 0.00659. The number of carbonyl (C=O) groups is 1. The zero-order chi connectivity index (χ0) is 14.9. The van der Waals surface area contributed by atoms with Gasteiger partial charge in [-0.1, -0.05) is 84.5 Å². The fraction of sp³-hybridized carbons (Fsp3) is 0.944. The van der Waals surface area contributed by atoms with Crippen molar-refractivity contribution in [2.45, 2.75) is 104 Å². The molecule has 0 unspecified atom stereocenters. The van der Waals surface area contributed by atoms with E-state index in [9.17, 15) is 4.79 Å². The van der Waals surface area contributed by atoms with Crippen LogP contribution in [-0.2, 0) is 35.7 Å². The molecule has 0 atom stereocenters. The molecule has 0 rings (SSSR count). The van der Waals surface area contributed by atoms with Crippen molar-refractivity contribution in [2.75, 3.05) is 6.61 Å². The molecule has 0 heterocycles. The third-order valence-electron chi connectivity index (χ3n) is 3.75. The second kappa shape index (κ2) is 20.4. The minimum absolute atomic E-state index is 0. The molecule has 0 aliphatic rings. The van der Waals surface area contributed by atoms with E-state index in [0.717, 1.165) is 12.8 Å². The van der Waals surface area contributed by atoms with Crippen LogP contribution in [-0.4, -0.2) is 12.6 Å². The molecule has 0 aromatic heterocycles.